The van der Waals surface area contributed by atoms with Crippen molar-refractivity contribution in [1.29, 1.82) is 5.26 Å². The Morgan fingerprint density at radius 2 is 2.04 bits per heavy atom. The van der Waals surface area contributed by atoms with Gasteiger partial charge in [-0.2, -0.15) is 5.26 Å². The highest BCUT2D eigenvalue weighted by Crippen LogP contribution is 2.32. The lowest BCUT2D eigenvalue weighted by atomic mass is 10.1. The number of fused-ring (bicyclic) bond motifs is 1. The van der Waals surface area contributed by atoms with E-state index < -0.39 is 5.54 Å². The molecule has 0 atom stereocenters. The quantitative estimate of drug-likeness (QED) is 0.583. The maximum absolute atomic E-state index is 13.1. The zero-order valence-corrected chi connectivity index (χ0v) is 16.8. The highest BCUT2D eigenvalue weighted by molar-refractivity contribution is 7.99. The number of hydrogen-bond acceptors (Lipinski definition) is 5. The van der Waals surface area contributed by atoms with Crippen molar-refractivity contribution in [3.8, 4) is 6.07 Å². The Hall–Kier alpha value is -2.33. The maximum Gasteiger partial charge on any atom is 0.262 e. The molecule has 0 spiro atoms. The first-order valence-electron chi connectivity index (χ1n) is 9.17. The molecule has 0 saturated heterocycles. The summed E-state index contributed by atoms with van der Waals surface area (Å²) in [5.74, 6) is -0.0222. The van der Waals surface area contributed by atoms with Gasteiger partial charge in [-0.05, 0) is 38.8 Å². The molecule has 6 nitrogen and oxygen atoms in total. The number of benzene rings is 1. The van der Waals surface area contributed by atoms with Gasteiger partial charge >= 0.3 is 0 Å². The maximum atomic E-state index is 13.1. The van der Waals surface area contributed by atoms with Crippen molar-refractivity contribution in [3.05, 3.63) is 34.6 Å². The number of carbonyl (C=O) groups excluding carboxylic acids is 1. The Bertz CT molecular complexity index is 955. The average Bonchev–Trinajstić information content (AvgIpc) is 3.19. The van der Waals surface area contributed by atoms with E-state index in [0.29, 0.717) is 16.1 Å². The fourth-order valence-electron chi connectivity index (χ4n) is 3.32. The van der Waals surface area contributed by atoms with E-state index >= 15 is 0 Å². The number of amides is 1. The summed E-state index contributed by atoms with van der Waals surface area (Å²) >= 11 is 1.28. The normalized spacial score (nSPS) is 15.0. The first kappa shape index (κ1) is 19.4. The topological polar surface area (TPSA) is 79.0 Å². The van der Waals surface area contributed by atoms with Gasteiger partial charge in [0.2, 0.25) is 5.91 Å². The van der Waals surface area contributed by atoms with Crippen molar-refractivity contribution in [2.75, 3.05) is 12.8 Å². The molecule has 1 aliphatic rings. The number of nitriles is 1. The van der Waals surface area contributed by atoms with Gasteiger partial charge in [0.25, 0.3) is 5.56 Å². The second kappa shape index (κ2) is 7.73. The van der Waals surface area contributed by atoms with Crippen LogP contribution in [0.5, 0.6) is 0 Å². The largest absolute Gasteiger partial charge is 0.327 e. The van der Waals surface area contributed by atoms with Gasteiger partial charge in [0.15, 0.2) is 5.16 Å². The molecule has 1 fully saturated rings. The molecule has 3 rings (SSSR count). The Kier molecular flexibility index (Phi) is 5.56. The molecule has 27 heavy (non-hydrogen) atoms. The van der Waals surface area contributed by atoms with E-state index in [4.69, 9.17) is 0 Å². The lowest BCUT2D eigenvalue weighted by Crippen LogP contribution is -2.44. The highest BCUT2D eigenvalue weighted by Gasteiger charge is 2.28. The molecule has 0 radical (unpaired) electrons. The number of rotatable bonds is 5. The first-order chi connectivity index (χ1) is 12.8. The second-order valence-electron chi connectivity index (χ2n) is 7.44. The zero-order valence-electron chi connectivity index (χ0n) is 15.9. The minimum atomic E-state index is -0.875. The van der Waals surface area contributed by atoms with E-state index in [9.17, 15) is 14.9 Å². The van der Waals surface area contributed by atoms with Crippen LogP contribution in [0.3, 0.4) is 0 Å². The standard InChI is InChI=1S/C20H24N4O2S/c1-20(2,13-21)23(3)17(25)12-27-19-22-16-11-7-6-10-15(16)18(26)24(19)14-8-4-5-9-14/h6-7,10-11,14H,4-5,8-9,12H2,1-3H3. The Labute approximate surface area is 163 Å². The van der Waals surface area contributed by atoms with E-state index in [-0.39, 0.29) is 23.3 Å². The molecule has 1 aromatic carbocycles. The van der Waals surface area contributed by atoms with Gasteiger partial charge in [0.05, 0.1) is 22.7 Å². The van der Waals surface area contributed by atoms with Gasteiger partial charge in [-0.25, -0.2) is 4.98 Å². The second-order valence-corrected chi connectivity index (χ2v) is 8.38. The van der Waals surface area contributed by atoms with E-state index in [1.807, 2.05) is 18.2 Å². The summed E-state index contributed by atoms with van der Waals surface area (Å²) in [6, 6.07) is 9.61. The first-order valence-corrected chi connectivity index (χ1v) is 10.2. The van der Waals surface area contributed by atoms with Crippen molar-refractivity contribution in [3.63, 3.8) is 0 Å². The van der Waals surface area contributed by atoms with Gasteiger partial charge < -0.3 is 4.90 Å². The van der Waals surface area contributed by atoms with E-state index in [2.05, 4.69) is 11.1 Å². The third kappa shape index (κ3) is 3.86. The molecule has 1 aliphatic carbocycles. The van der Waals surface area contributed by atoms with Crippen molar-refractivity contribution in [2.24, 2.45) is 0 Å². The summed E-state index contributed by atoms with van der Waals surface area (Å²) in [6.07, 6.45) is 4.13. The fourth-order valence-corrected chi connectivity index (χ4v) is 4.30. The summed E-state index contributed by atoms with van der Waals surface area (Å²) in [4.78, 5) is 31.8. The van der Waals surface area contributed by atoms with Gasteiger partial charge in [-0.3, -0.25) is 14.2 Å². The Morgan fingerprint density at radius 1 is 1.37 bits per heavy atom. The minimum absolute atomic E-state index is 0.0341. The lowest BCUT2D eigenvalue weighted by Gasteiger charge is -2.29. The van der Waals surface area contributed by atoms with Gasteiger partial charge in [0, 0.05) is 13.1 Å². The van der Waals surface area contributed by atoms with Crippen LogP contribution >= 0.6 is 11.8 Å². The smallest absolute Gasteiger partial charge is 0.262 e. The molecule has 1 amide bonds. The number of nitrogens with zero attached hydrogens (tertiary/aromatic N) is 4. The molecule has 1 saturated carbocycles. The summed E-state index contributed by atoms with van der Waals surface area (Å²) in [7, 11) is 1.63. The number of thioether (sulfide) groups is 1. The number of para-hydroxylation sites is 1. The van der Waals surface area contributed by atoms with Crippen molar-refractivity contribution >= 4 is 28.6 Å². The van der Waals surface area contributed by atoms with Crippen LogP contribution in [0.1, 0.15) is 45.6 Å². The molecular weight excluding hydrogens is 360 g/mol. The third-order valence-corrected chi connectivity index (χ3v) is 6.21. The number of carbonyl (C=O) groups is 1. The minimum Gasteiger partial charge on any atom is -0.327 e. The summed E-state index contributed by atoms with van der Waals surface area (Å²) in [5.41, 5.74) is -0.259. The molecule has 1 aromatic heterocycles. The molecule has 0 unspecified atom stereocenters. The Morgan fingerprint density at radius 3 is 2.70 bits per heavy atom. The van der Waals surface area contributed by atoms with E-state index in [1.54, 1.807) is 31.5 Å². The van der Waals surface area contributed by atoms with Gasteiger partial charge in [-0.1, -0.05) is 36.7 Å². The van der Waals surface area contributed by atoms with Crippen LogP contribution in [-0.2, 0) is 4.79 Å². The summed E-state index contributed by atoms with van der Waals surface area (Å²) in [5, 5.41) is 10.4. The predicted octanol–water partition coefficient (Wildman–Crippen LogP) is 3.36. The number of hydrogen-bond donors (Lipinski definition) is 0. The third-order valence-electron chi connectivity index (χ3n) is 5.28. The molecule has 0 N–H and O–H groups in total. The van der Waals surface area contributed by atoms with E-state index in [1.165, 1.54) is 16.7 Å². The number of aromatic nitrogens is 2. The lowest BCUT2D eigenvalue weighted by molar-refractivity contribution is -0.130. The van der Waals surface area contributed by atoms with Crippen LogP contribution in [-0.4, -0.2) is 38.7 Å². The van der Waals surface area contributed by atoms with Crippen LogP contribution in [0.4, 0.5) is 0 Å². The van der Waals surface area contributed by atoms with Crippen LogP contribution in [0, 0.1) is 11.3 Å². The van der Waals surface area contributed by atoms with Crippen molar-refractivity contribution in [2.45, 2.75) is 56.3 Å². The van der Waals surface area contributed by atoms with Gasteiger partial charge in [-0.15, -0.1) is 0 Å². The molecule has 1 heterocycles. The zero-order chi connectivity index (χ0) is 19.6. The van der Waals surface area contributed by atoms with Crippen LogP contribution in [0.25, 0.3) is 10.9 Å². The molecule has 142 valence electrons. The summed E-state index contributed by atoms with van der Waals surface area (Å²) < 4.78 is 1.78. The SMILES string of the molecule is CN(C(=O)CSc1nc2ccccc2c(=O)n1C1CCCC1)C(C)(C)C#N. The average molecular weight is 385 g/mol. The van der Waals surface area contributed by atoms with E-state index in [0.717, 1.165) is 25.7 Å². The van der Waals surface area contributed by atoms with Crippen LogP contribution < -0.4 is 5.56 Å². The van der Waals surface area contributed by atoms with Crippen molar-refractivity contribution < 1.29 is 4.79 Å². The molecule has 0 aliphatic heterocycles. The molecule has 7 heteroatoms. The van der Waals surface area contributed by atoms with Crippen molar-refractivity contribution in [1.82, 2.24) is 14.5 Å². The monoisotopic (exact) mass is 384 g/mol. The molecule has 2 aromatic rings. The van der Waals surface area contributed by atoms with Gasteiger partial charge in [0.1, 0.15) is 5.54 Å². The summed E-state index contributed by atoms with van der Waals surface area (Å²) in [6.45, 7) is 3.41. The highest BCUT2D eigenvalue weighted by atomic mass is 32.2. The van der Waals surface area contributed by atoms with Crippen LogP contribution in [0.15, 0.2) is 34.2 Å². The molecular formula is C20H24N4O2S. The molecule has 0 bridgehead atoms. The fraction of sp³-hybridized carbons (Fsp3) is 0.500. The van der Waals surface area contributed by atoms with Crippen LogP contribution in [0.2, 0.25) is 0 Å². The predicted molar refractivity (Wildman–Crippen MR) is 107 cm³/mol. The Balaban J connectivity index is 1.93.